The lowest BCUT2D eigenvalue weighted by Gasteiger charge is -2.39. The molecule has 0 amide bonds. The van der Waals surface area contributed by atoms with Gasteiger partial charge in [-0.2, -0.15) is 0 Å². The molecule has 9 atom stereocenters. The summed E-state index contributed by atoms with van der Waals surface area (Å²) in [4.78, 5) is 19.6. The molecule has 0 bridgehead atoms. The Bertz CT molecular complexity index is 659. The Hall–Kier alpha value is 0.0600. The third-order valence-corrected chi connectivity index (χ3v) is 7.04. The predicted octanol–water partition coefficient (Wildman–Crippen LogP) is 0.593. The lowest BCUT2D eigenvalue weighted by Crippen LogP contribution is -2.49. The van der Waals surface area contributed by atoms with Crippen molar-refractivity contribution >= 4 is 15.6 Å². The summed E-state index contributed by atoms with van der Waals surface area (Å²) in [7, 11) is -8.92. The second-order valence-electron chi connectivity index (χ2n) is 7.52. The maximum Gasteiger partial charge on any atom is 0.472 e. The second kappa shape index (κ2) is 9.28. The standard InChI is InChI=1S/C15H28O12P2/c1-8(2)26-28(17,18)24-7-13-15(10(16)4-21-13)27-29(19,20)23-6-11-14-9(3)25-12(14)5-22-11/h8-16H,4-7H2,1-3H3,(H,17,18)(H,19,20)/t9?,10-,11+,12-,13+,14?,15?/m0/s1. The highest BCUT2D eigenvalue weighted by Crippen LogP contribution is 2.49. The largest absolute Gasteiger partial charge is 0.472 e. The minimum Gasteiger partial charge on any atom is -0.388 e. The van der Waals surface area contributed by atoms with Gasteiger partial charge in [-0.15, -0.1) is 0 Å². The molecule has 3 saturated heterocycles. The number of phosphoric ester groups is 2. The van der Waals surface area contributed by atoms with E-state index in [9.17, 15) is 24.0 Å². The van der Waals surface area contributed by atoms with E-state index in [0.29, 0.717) is 6.61 Å². The van der Waals surface area contributed by atoms with Crippen molar-refractivity contribution in [2.45, 2.75) is 63.5 Å². The maximum absolute atomic E-state index is 12.3. The van der Waals surface area contributed by atoms with Crippen LogP contribution in [0.4, 0.5) is 0 Å². The van der Waals surface area contributed by atoms with Crippen LogP contribution in [0.2, 0.25) is 0 Å². The number of aliphatic hydroxyl groups excluding tert-OH is 1. The van der Waals surface area contributed by atoms with Crippen LogP contribution in [0.5, 0.6) is 0 Å². The molecule has 3 rings (SSSR count). The third kappa shape index (κ3) is 6.06. The molecule has 3 heterocycles. The van der Waals surface area contributed by atoms with Crippen LogP contribution in [0.15, 0.2) is 0 Å². The molecule has 5 unspecified atom stereocenters. The summed E-state index contributed by atoms with van der Waals surface area (Å²) >= 11 is 0. The first-order chi connectivity index (χ1) is 13.5. The molecule has 14 heteroatoms. The van der Waals surface area contributed by atoms with Gasteiger partial charge in [0.2, 0.25) is 0 Å². The summed E-state index contributed by atoms with van der Waals surface area (Å²) in [5, 5.41) is 10.0. The van der Waals surface area contributed by atoms with Gasteiger partial charge in [-0.1, -0.05) is 0 Å². The summed E-state index contributed by atoms with van der Waals surface area (Å²) in [6.45, 7) is 4.52. The van der Waals surface area contributed by atoms with Crippen molar-refractivity contribution in [1.82, 2.24) is 0 Å². The molecular weight excluding hydrogens is 434 g/mol. The number of rotatable bonds is 10. The zero-order chi connectivity index (χ0) is 21.4. The highest BCUT2D eigenvalue weighted by molar-refractivity contribution is 7.47. The number of fused-ring (bicyclic) bond motifs is 1. The van der Waals surface area contributed by atoms with Crippen LogP contribution in [0.25, 0.3) is 0 Å². The van der Waals surface area contributed by atoms with Crippen LogP contribution in [-0.2, 0) is 41.4 Å². The number of hydrogen-bond donors (Lipinski definition) is 3. The van der Waals surface area contributed by atoms with Crippen LogP contribution in [0, 0.1) is 5.92 Å². The molecule has 0 aliphatic carbocycles. The Labute approximate surface area is 168 Å². The van der Waals surface area contributed by atoms with Crippen LogP contribution in [-0.4, -0.2) is 84.0 Å². The average molecular weight is 462 g/mol. The fourth-order valence-electron chi connectivity index (χ4n) is 3.61. The van der Waals surface area contributed by atoms with Crippen molar-refractivity contribution < 1.29 is 56.3 Å². The number of ether oxygens (including phenoxy) is 3. The molecule has 0 saturated carbocycles. The lowest BCUT2D eigenvalue weighted by molar-refractivity contribution is -0.159. The van der Waals surface area contributed by atoms with Crippen molar-refractivity contribution in [1.29, 1.82) is 0 Å². The Kier molecular flexibility index (Phi) is 7.59. The monoisotopic (exact) mass is 462 g/mol. The molecule has 3 N–H and O–H groups in total. The molecular formula is C15H28O12P2. The molecule has 3 fully saturated rings. The van der Waals surface area contributed by atoms with Gasteiger partial charge in [-0.3, -0.25) is 18.1 Å². The number of hydrogen-bond acceptors (Lipinski definition) is 10. The smallest absolute Gasteiger partial charge is 0.388 e. The summed E-state index contributed by atoms with van der Waals surface area (Å²) in [5.74, 6) is 0.0798. The van der Waals surface area contributed by atoms with Crippen molar-refractivity contribution in [2.75, 3.05) is 26.4 Å². The number of phosphoric acid groups is 2. The van der Waals surface area contributed by atoms with E-state index >= 15 is 0 Å². The average Bonchev–Trinajstić information content (AvgIpc) is 3.10. The van der Waals surface area contributed by atoms with Crippen LogP contribution < -0.4 is 0 Å². The molecule has 0 spiro atoms. The van der Waals surface area contributed by atoms with E-state index in [4.69, 9.17) is 32.3 Å². The SMILES string of the molecule is CC(C)OP(=O)(O)OC[C@H]1OC[C@H](O)C1OP(=O)(O)OC[C@H]1OC[C@@H]2OC(C)C21. The van der Waals surface area contributed by atoms with E-state index in [1.54, 1.807) is 13.8 Å². The highest BCUT2D eigenvalue weighted by atomic mass is 31.2. The van der Waals surface area contributed by atoms with Crippen molar-refractivity contribution in [2.24, 2.45) is 5.92 Å². The van der Waals surface area contributed by atoms with Gasteiger partial charge in [0.25, 0.3) is 0 Å². The van der Waals surface area contributed by atoms with Crippen LogP contribution in [0.1, 0.15) is 20.8 Å². The Morgan fingerprint density at radius 3 is 2.31 bits per heavy atom. The molecule has 170 valence electrons. The number of aliphatic hydroxyl groups is 1. The highest BCUT2D eigenvalue weighted by Gasteiger charge is 2.51. The van der Waals surface area contributed by atoms with E-state index in [0.717, 1.165) is 0 Å². The van der Waals surface area contributed by atoms with Crippen molar-refractivity contribution in [3.05, 3.63) is 0 Å². The zero-order valence-electron chi connectivity index (χ0n) is 16.4. The summed E-state index contributed by atoms with van der Waals surface area (Å²) < 4.78 is 60.1. The van der Waals surface area contributed by atoms with Gasteiger partial charge in [-0.25, -0.2) is 9.13 Å². The first kappa shape index (κ1) is 23.7. The van der Waals surface area contributed by atoms with Gasteiger partial charge < -0.3 is 29.1 Å². The van der Waals surface area contributed by atoms with E-state index in [1.165, 1.54) is 0 Å². The van der Waals surface area contributed by atoms with E-state index in [2.05, 4.69) is 0 Å². The van der Waals surface area contributed by atoms with Gasteiger partial charge in [0.1, 0.15) is 18.3 Å². The summed E-state index contributed by atoms with van der Waals surface area (Å²) in [5.41, 5.74) is 0. The van der Waals surface area contributed by atoms with Gasteiger partial charge in [0.05, 0.1) is 50.8 Å². The minimum atomic E-state index is -4.58. The second-order valence-corrected chi connectivity index (χ2v) is 10.3. The molecule has 3 aliphatic rings. The molecule has 0 aromatic heterocycles. The fourth-order valence-corrected chi connectivity index (χ4v) is 5.52. The Morgan fingerprint density at radius 2 is 1.66 bits per heavy atom. The zero-order valence-corrected chi connectivity index (χ0v) is 18.1. The molecule has 0 radical (unpaired) electrons. The van der Waals surface area contributed by atoms with Crippen molar-refractivity contribution in [3.8, 4) is 0 Å². The Morgan fingerprint density at radius 1 is 1.03 bits per heavy atom. The molecule has 0 aromatic carbocycles. The van der Waals surface area contributed by atoms with Crippen molar-refractivity contribution in [3.63, 3.8) is 0 Å². The third-order valence-electron chi connectivity index (χ3n) is 4.89. The van der Waals surface area contributed by atoms with Crippen LogP contribution >= 0.6 is 15.6 Å². The van der Waals surface area contributed by atoms with Gasteiger partial charge in [0, 0.05) is 5.92 Å². The fraction of sp³-hybridized carbons (Fsp3) is 1.00. The molecule has 3 aliphatic heterocycles. The maximum atomic E-state index is 12.3. The van der Waals surface area contributed by atoms with E-state index in [-0.39, 0.29) is 31.3 Å². The first-order valence-corrected chi connectivity index (χ1v) is 12.3. The van der Waals surface area contributed by atoms with Gasteiger partial charge in [0.15, 0.2) is 0 Å². The van der Waals surface area contributed by atoms with Crippen LogP contribution in [0.3, 0.4) is 0 Å². The molecule has 0 aromatic rings. The quantitative estimate of drug-likeness (QED) is 0.389. The van der Waals surface area contributed by atoms with Gasteiger partial charge in [-0.05, 0) is 20.8 Å². The Balaban J connectivity index is 1.50. The van der Waals surface area contributed by atoms with E-state index in [1.807, 2.05) is 6.92 Å². The summed E-state index contributed by atoms with van der Waals surface area (Å²) in [6.07, 6.45) is -4.63. The lowest BCUT2D eigenvalue weighted by atomic mass is 9.88. The predicted molar refractivity (Wildman–Crippen MR) is 96.0 cm³/mol. The molecule has 29 heavy (non-hydrogen) atoms. The van der Waals surface area contributed by atoms with E-state index < -0.39 is 52.8 Å². The van der Waals surface area contributed by atoms with Gasteiger partial charge >= 0.3 is 15.6 Å². The normalized spacial score (nSPS) is 41.0. The molecule has 12 nitrogen and oxygen atoms in total. The minimum absolute atomic E-state index is 0.0242. The topological polar surface area (TPSA) is 159 Å². The first-order valence-electron chi connectivity index (χ1n) is 9.35. The summed E-state index contributed by atoms with van der Waals surface area (Å²) in [6, 6.07) is 0.